The fourth-order valence-electron chi connectivity index (χ4n) is 1.12. The highest BCUT2D eigenvalue weighted by molar-refractivity contribution is 7.47. The Balaban J connectivity index is 2.72. The van der Waals surface area contributed by atoms with Crippen LogP contribution in [0.1, 0.15) is 5.56 Å². The number of alkyl halides is 3. The van der Waals surface area contributed by atoms with Gasteiger partial charge in [0.25, 0.3) is 0 Å². The first-order valence-corrected chi connectivity index (χ1v) is 6.29. The molecule has 100 valence electrons. The average molecular weight is 281 g/mol. The van der Waals surface area contributed by atoms with Gasteiger partial charge >= 0.3 is 12.1 Å². The molecule has 0 aliphatic heterocycles. The highest BCUT2D eigenvalue weighted by atomic mass is 31.2. The summed E-state index contributed by atoms with van der Waals surface area (Å²) in [7, 11) is -4.72. The molecule has 9 heteroatoms. The molecule has 0 fully saturated rings. The molecule has 1 amide bonds. The predicted octanol–water partition coefficient (Wildman–Crippen LogP) is 0.601. The van der Waals surface area contributed by atoms with E-state index in [4.69, 9.17) is 0 Å². The molecule has 0 aromatic heterocycles. The fourth-order valence-corrected chi connectivity index (χ4v) is 1.78. The predicted molar refractivity (Wildman–Crippen MR) is 52.4 cm³/mol. The van der Waals surface area contributed by atoms with E-state index in [0.717, 1.165) is 24.3 Å². The largest absolute Gasteiger partial charge is 0.810 e. The summed E-state index contributed by atoms with van der Waals surface area (Å²) in [6, 6.07) is 4.45. The van der Waals surface area contributed by atoms with Gasteiger partial charge in [0.05, 0.1) is 0 Å². The lowest BCUT2D eigenvalue weighted by Gasteiger charge is -2.29. The SMILES string of the molecule is O=C(Nc1ccc(CP(=O)([O-])[O-])cc1)C(F)(F)F. The number of carbonyl (C=O) groups excluding carboxylic acids is 1. The minimum atomic E-state index is -5.00. The van der Waals surface area contributed by atoms with Crippen molar-refractivity contribution in [3.8, 4) is 0 Å². The summed E-state index contributed by atoms with van der Waals surface area (Å²) in [6.07, 6.45) is -5.74. The van der Waals surface area contributed by atoms with E-state index in [-0.39, 0.29) is 11.3 Å². The van der Waals surface area contributed by atoms with E-state index in [1.807, 2.05) is 0 Å². The number of benzene rings is 1. The molecular weight excluding hydrogens is 274 g/mol. The third-order valence-corrected chi connectivity index (χ3v) is 2.60. The molecule has 0 heterocycles. The van der Waals surface area contributed by atoms with Gasteiger partial charge in [-0.05, 0) is 17.7 Å². The van der Waals surface area contributed by atoms with E-state index >= 15 is 0 Å². The molecule has 0 spiro atoms. The molecule has 0 saturated heterocycles. The van der Waals surface area contributed by atoms with Crippen molar-refractivity contribution in [1.29, 1.82) is 0 Å². The lowest BCUT2D eigenvalue weighted by atomic mass is 10.2. The number of rotatable bonds is 3. The molecule has 18 heavy (non-hydrogen) atoms. The molecule has 0 aliphatic rings. The second-order valence-corrected chi connectivity index (χ2v) is 4.96. The maximum Gasteiger partial charge on any atom is 0.471 e. The third-order valence-electron chi connectivity index (χ3n) is 1.85. The maximum atomic E-state index is 11.9. The average Bonchev–Trinajstić information content (AvgIpc) is 2.17. The third kappa shape index (κ3) is 4.87. The van der Waals surface area contributed by atoms with Gasteiger partial charge in [0.2, 0.25) is 0 Å². The van der Waals surface area contributed by atoms with Crippen molar-refractivity contribution >= 4 is 19.2 Å². The molecule has 0 radical (unpaired) electrons. The number of carbonyl (C=O) groups is 1. The molecule has 0 saturated carbocycles. The number of amides is 1. The van der Waals surface area contributed by atoms with E-state index < -0.39 is 25.8 Å². The van der Waals surface area contributed by atoms with Crippen molar-refractivity contribution in [2.24, 2.45) is 0 Å². The van der Waals surface area contributed by atoms with Crippen LogP contribution in [0.15, 0.2) is 24.3 Å². The van der Waals surface area contributed by atoms with Crippen LogP contribution in [0.25, 0.3) is 0 Å². The van der Waals surface area contributed by atoms with Crippen LogP contribution in [0.2, 0.25) is 0 Å². The van der Waals surface area contributed by atoms with Gasteiger partial charge in [-0.15, -0.1) is 0 Å². The Hall–Kier alpha value is -1.37. The van der Waals surface area contributed by atoms with Crippen LogP contribution in [-0.4, -0.2) is 12.1 Å². The first kappa shape index (κ1) is 14.7. The lowest BCUT2D eigenvalue weighted by Crippen LogP contribution is -2.29. The van der Waals surface area contributed by atoms with Crippen LogP contribution in [-0.2, 0) is 15.5 Å². The maximum absolute atomic E-state index is 11.9. The fraction of sp³-hybridized carbons (Fsp3) is 0.222. The zero-order valence-electron chi connectivity index (χ0n) is 8.73. The molecule has 1 rings (SSSR count). The van der Waals surface area contributed by atoms with Crippen molar-refractivity contribution in [3.05, 3.63) is 29.8 Å². The van der Waals surface area contributed by atoms with Crippen LogP contribution in [0, 0.1) is 0 Å². The van der Waals surface area contributed by atoms with Crippen molar-refractivity contribution in [3.63, 3.8) is 0 Å². The van der Waals surface area contributed by atoms with Gasteiger partial charge in [0.1, 0.15) is 0 Å². The van der Waals surface area contributed by atoms with Crippen LogP contribution in [0.3, 0.4) is 0 Å². The van der Waals surface area contributed by atoms with Crippen LogP contribution < -0.4 is 15.1 Å². The number of halogens is 3. The second kappa shape index (κ2) is 5.09. The minimum Gasteiger partial charge on any atom is -0.810 e. The molecular formula is C9H7F3NO4P-2. The summed E-state index contributed by atoms with van der Waals surface area (Å²) in [5, 5.41) is 1.58. The minimum absolute atomic E-state index is 0.133. The van der Waals surface area contributed by atoms with Gasteiger partial charge in [-0.25, -0.2) is 0 Å². The van der Waals surface area contributed by atoms with E-state index in [0.29, 0.717) is 0 Å². The van der Waals surface area contributed by atoms with Crippen molar-refractivity contribution < 1.29 is 32.3 Å². The van der Waals surface area contributed by atoms with Gasteiger partial charge in [-0.2, -0.15) is 13.2 Å². The number of nitrogens with one attached hydrogen (secondary N) is 1. The molecule has 0 unspecified atom stereocenters. The van der Waals surface area contributed by atoms with E-state index in [1.165, 1.54) is 0 Å². The first-order valence-electron chi connectivity index (χ1n) is 4.56. The topological polar surface area (TPSA) is 92.3 Å². The Morgan fingerprint density at radius 3 is 2.11 bits per heavy atom. The number of anilines is 1. The first-order chi connectivity index (χ1) is 8.08. The lowest BCUT2D eigenvalue weighted by molar-refractivity contribution is -0.314. The number of hydrogen-bond acceptors (Lipinski definition) is 4. The highest BCUT2D eigenvalue weighted by Crippen LogP contribution is 2.29. The molecule has 1 N–H and O–H groups in total. The van der Waals surface area contributed by atoms with Crippen LogP contribution >= 0.6 is 7.60 Å². The quantitative estimate of drug-likeness (QED) is 0.821. The van der Waals surface area contributed by atoms with Gasteiger partial charge in [-0.3, -0.25) is 4.79 Å². The molecule has 5 nitrogen and oxygen atoms in total. The summed E-state index contributed by atoms with van der Waals surface area (Å²) >= 11 is 0. The van der Waals surface area contributed by atoms with Crippen molar-refractivity contribution in [1.82, 2.24) is 0 Å². The van der Waals surface area contributed by atoms with Crippen LogP contribution in [0.4, 0.5) is 18.9 Å². The van der Waals surface area contributed by atoms with Gasteiger partial charge in [0, 0.05) is 11.8 Å². The smallest absolute Gasteiger partial charge is 0.471 e. The van der Waals surface area contributed by atoms with Gasteiger partial charge in [-0.1, -0.05) is 19.7 Å². The monoisotopic (exact) mass is 281 g/mol. The Bertz CT molecular complexity index is 480. The van der Waals surface area contributed by atoms with Crippen LogP contribution in [0.5, 0.6) is 0 Å². The van der Waals surface area contributed by atoms with E-state index in [2.05, 4.69) is 0 Å². The summed E-state index contributed by atoms with van der Waals surface area (Å²) in [6.45, 7) is 0. The summed E-state index contributed by atoms with van der Waals surface area (Å²) in [4.78, 5) is 31.5. The van der Waals surface area contributed by atoms with Crippen molar-refractivity contribution in [2.75, 3.05) is 5.32 Å². The molecule has 0 atom stereocenters. The second-order valence-electron chi connectivity index (χ2n) is 3.42. The van der Waals surface area contributed by atoms with Gasteiger partial charge in [0.15, 0.2) is 0 Å². The molecule has 0 aliphatic carbocycles. The molecule has 0 bridgehead atoms. The zero-order valence-corrected chi connectivity index (χ0v) is 9.63. The Kier molecular flexibility index (Phi) is 4.16. The number of hydrogen-bond donors (Lipinski definition) is 1. The summed E-state index contributed by atoms with van der Waals surface area (Å²) < 4.78 is 46.2. The standard InChI is InChI=1S/C9H9F3NO4P/c10-9(11,12)8(14)13-7-3-1-6(2-4-7)5-18(15,16)17/h1-4H,5H2,(H,13,14)(H2,15,16,17)/p-2. The Morgan fingerprint density at radius 2 is 1.72 bits per heavy atom. The Labute approximate surface area is 99.8 Å². The van der Waals surface area contributed by atoms with E-state index in [1.54, 1.807) is 5.32 Å². The van der Waals surface area contributed by atoms with E-state index in [9.17, 15) is 32.3 Å². The summed E-state index contributed by atoms with van der Waals surface area (Å²) in [5.41, 5.74) is -0.0129. The highest BCUT2D eigenvalue weighted by Gasteiger charge is 2.38. The van der Waals surface area contributed by atoms with Gasteiger partial charge < -0.3 is 19.7 Å². The Morgan fingerprint density at radius 1 is 1.22 bits per heavy atom. The summed E-state index contributed by atoms with van der Waals surface area (Å²) in [5.74, 6) is -2.13. The molecule has 1 aromatic rings. The molecule has 1 aromatic carbocycles. The van der Waals surface area contributed by atoms with Crippen molar-refractivity contribution in [2.45, 2.75) is 12.3 Å². The normalized spacial score (nSPS) is 12.3. The zero-order chi connectivity index (χ0) is 14.0.